The van der Waals surface area contributed by atoms with E-state index in [9.17, 15) is 4.39 Å². The van der Waals surface area contributed by atoms with E-state index in [1.807, 2.05) is 0 Å². The highest BCUT2D eigenvalue weighted by molar-refractivity contribution is 9.10. The summed E-state index contributed by atoms with van der Waals surface area (Å²) in [7, 11) is 0. The molecule has 1 atom stereocenters. The van der Waals surface area contributed by atoms with Gasteiger partial charge in [0.2, 0.25) is 0 Å². The maximum Gasteiger partial charge on any atom is 0.129 e. The van der Waals surface area contributed by atoms with Gasteiger partial charge in [-0.25, -0.2) is 9.37 Å². The Hall–Kier alpha value is -1.20. The summed E-state index contributed by atoms with van der Waals surface area (Å²) in [5.74, 6) is 0.461. The minimum atomic E-state index is -0.390. The van der Waals surface area contributed by atoms with Crippen LogP contribution < -0.4 is 5.73 Å². The zero-order valence-electron chi connectivity index (χ0n) is 8.45. The number of H-pyrrole nitrogens is 1. The molecule has 0 aliphatic carbocycles. The summed E-state index contributed by atoms with van der Waals surface area (Å²) in [6, 6.07) is 4.49. The Morgan fingerprint density at radius 3 is 2.94 bits per heavy atom. The number of benzene rings is 1. The van der Waals surface area contributed by atoms with Crippen molar-refractivity contribution < 1.29 is 4.39 Å². The molecule has 16 heavy (non-hydrogen) atoms. The summed E-state index contributed by atoms with van der Waals surface area (Å²) in [6.45, 7) is 0. The van der Waals surface area contributed by atoms with Gasteiger partial charge in [-0.05, 0) is 12.1 Å². The van der Waals surface area contributed by atoms with E-state index < -0.39 is 0 Å². The zero-order chi connectivity index (χ0) is 11.5. The monoisotopic (exact) mass is 283 g/mol. The number of nitrogens with zero attached hydrogens (tertiary/aromatic N) is 1. The summed E-state index contributed by atoms with van der Waals surface area (Å²) in [6.07, 6.45) is 3.87. The van der Waals surface area contributed by atoms with Crippen LogP contribution >= 0.6 is 15.9 Å². The van der Waals surface area contributed by atoms with E-state index in [0.717, 1.165) is 5.82 Å². The molecule has 0 aliphatic rings. The molecule has 0 bridgehead atoms. The average Bonchev–Trinajstić information content (AvgIpc) is 2.70. The quantitative estimate of drug-likeness (QED) is 0.910. The maximum absolute atomic E-state index is 13.6. The molecule has 0 amide bonds. The van der Waals surface area contributed by atoms with Gasteiger partial charge < -0.3 is 10.7 Å². The van der Waals surface area contributed by atoms with Gasteiger partial charge in [0.1, 0.15) is 11.6 Å². The van der Waals surface area contributed by atoms with Crippen LogP contribution in [0.4, 0.5) is 4.39 Å². The lowest BCUT2D eigenvalue weighted by Crippen LogP contribution is -2.15. The van der Waals surface area contributed by atoms with Gasteiger partial charge >= 0.3 is 0 Å². The van der Waals surface area contributed by atoms with E-state index >= 15 is 0 Å². The summed E-state index contributed by atoms with van der Waals surface area (Å²) in [5, 5.41) is 0. The van der Waals surface area contributed by atoms with E-state index in [4.69, 9.17) is 5.73 Å². The van der Waals surface area contributed by atoms with Gasteiger partial charge in [0.25, 0.3) is 0 Å². The lowest BCUT2D eigenvalue weighted by atomic mass is 10.0. The maximum atomic E-state index is 13.6. The lowest BCUT2D eigenvalue weighted by molar-refractivity contribution is 0.575. The van der Waals surface area contributed by atoms with E-state index in [-0.39, 0.29) is 11.9 Å². The Morgan fingerprint density at radius 1 is 1.50 bits per heavy atom. The summed E-state index contributed by atoms with van der Waals surface area (Å²) < 4.78 is 14.3. The van der Waals surface area contributed by atoms with Crippen LogP contribution in [0.15, 0.2) is 35.1 Å². The van der Waals surface area contributed by atoms with Crippen molar-refractivity contribution in [3.8, 4) is 0 Å². The molecule has 0 radical (unpaired) electrons. The van der Waals surface area contributed by atoms with Crippen LogP contribution in [0.5, 0.6) is 0 Å². The number of hydrogen-bond acceptors (Lipinski definition) is 2. The Kier molecular flexibility index (Phi) is 3.36. The minimum absolute atomic E-state index is 0.298. The number of nitrogens with one attached hydrogen (secondary N) is 1. The molecule has 2 aromatic rings. The molecule has 1 aromatic carbocycles. The van der Waals surface area contributed by atoms with Crippen LogP contribution in [0.1, 0.15) is 17.4 Å². The third-order valence-corrected chi connectivity index (χ3v) is 2.82. The molecule has 1 aromatic heterocycles. The highest BCUT2D eigenvalue weighted by Gasteiger charge is 2.13. The smallest absolute Gasteiger partial charge is 0.129 e. The number of nitrogens with two attached hydrogens (primary N) is 1. The van der Waals surface area contributed by atoms with Gasteiger partial charge in [-0.1, -0.05) is 22.0 Å². The molecule has 3 N–H and O–H groups in total. The normalized spacial score (nSPS) is 12.7. The first-order valence-electron chi connectivity index (χ1n) is 4.85. The van der Waals surface area contributed by atoms with Crippen molar-refractivity contribution in [3.63, 3.8) is 0 Å². The number of imidazole rings is 1. The molecule has 0 aliphatic heterocycles. The lowest BCUT2D eigenvalue weighted by Gasteiger charge is -2.11. The van der Waals surface area contributed by atoms with Gasteiger partial charge in [0.05, 0.1) is 0 Å². The van der Waals surface area contributed by atoms with E-state index in [0.29, 0.717) is 16.5 Å². The van der Waals surface area contributed by atoms with Crippen molar-refractivity contribution in [1.82, 2.24) is 9.97 Å². The predicted octanol–water partition coefficient (Wildman–Crippen LogP) is 2.55. The fourth-order valence-electron chi connectivity index (χ4n) is 1.53. The topological polar surface area (TPSA) is 54.7 Å². The summed E-state index contributed by atoms with van der Waals surface area (Å²) in [5.41, 5.74) is 6.42. The Balaban J connectivity index is 2.17. The van der Waals surface area contributed by atoms with Crippen molar-refractivity contribution in [3.05, 3.63) is 52.3 Å². The molecule has 3 nitrogen and oxygen atoms in total. The van der Waals surface area contributed by atoms with Crippen molar-refractivity contribution in [2.75, 3.05) is 0 Å². The van der Waals surface area contributed by atoms with Gasteiger partial charge in [-0.3, -0.25) is 0 Å². The second kappa shape index (κ2) is 4.76. The van der Waals surface area contributed by atoms with Gasteiger partial charge in [-0.15, -0.1) is 0 Å². The molecule has 5 heteroatoms. The summed E-state index contributed by atoms with van der Waals surface area (Å²) in [4.78, 5) is 7.01. The molecular formula is C11H11BrFN3. The van der Waals surface area contributed by atoms with Crippen LogP contribution in [0.2, 0.25) is 0 Å². The second-order valence-electron chi connectivity index (χ2n) is 3.51. The highest BCUT2D eigenvalue weighted by atomic mass is 79.9. The first kappa shape index (κ1) is 11.3. The third-order valence-electron chi connectivity index (χ3n) is 2.33. The van der Waals surface area contributed by atoms with Crippen molar-refractivity contribution in [1.29, 1.82) is 0 Å². The minimum Gasteiger partial charge on any atom is -0.349 e. The van der Waals surface area contributed by atoms with Crippen LogP contribution in [-0.4, -0.2) is 9.97 Å². The highest BCUT2D eigenvalue weighted by Crippen LogP contribution is 2.21. The third kappa shape index (κ3) is 2.48. The molecule has 1 unspecified atom stereocenters. The fourth-order valence-corrected chi connectivity index (χ4v) is 1.86. The summed E-state index contributed by atoms with van der Waals surface area (Å²) >= 11 is 3.21. The second-order valence-corrected chi connectivity index (χ2v) is 4.43. The van der Waals surface area contributed by atoms with Gasteiger partial charge in [0, 0.05) is 34.9 Å². The van der Waals surface area contributed by atoms with Crippen LogP contribution in [0, 0.1) is 5.82 Å². The predicted molar refractivity (Wildman–Crippen MR) is 63.3 cm³/mol. The average molecular weight is 284 g/mol. The zero-order valence-corrected chi connectivity index (χ0v) is 10.0. The van der Waals surface area contributed by atoms with Crippen LogP contribution in [0.25, 0.3) is 0 Å². The molecule has 2 rings (SSSR count). The number of halogens is 2. The van der Waals surface area contributed by atoms with Crippen LogP contribution in [0.3, 0.4) is 0 Å². The van der Waals surface area contributed by atoms with E-state index in [2.05, 4.69) is 25.9 Å². The number of hydrogen-bond donors (Lipinski definition) is 2. The first-order valence-corrected chi connectivity index (χ1v) is 5.65. The van der Waals surface area contributed by atoms with E-state index in [1.54, 1.807) is 24.5 Å². The first-order chi connectivity index (χ1) is 7.66. The number of rotatable bonds is 3. The molecule has 1 heterocycles. The largest absolute Gasteiger partial charge is 0.349 e. The van der Waals surface area contributed by atoms with Gasteiger partial charge in [0.15, 0.2) is 0 Å². The number of aromatic nitrogens is 2. The molecular weight excluding hydrogens is 273 g/mol. The standard InChI is InChI=1S/C11H11BrFN3/c12-7-1-2-8(9(13)5-7)10(14)6-11-15-3-4-16-11/h1-5,10H,6,14H2,(H,15,16). The van der Waals surface area contributed by atoms with Crippen molar-refractivity contribution >= 4 is 15.9 Å². The molecule has 84 valence electrons. The van der Waals surface area contributed by atoms with E-state index in [1.165, 1.54) is 6.07 Å². The van der Waals surface area contributed by atoms with Crippen LogP contribution in [-0.2, 0) is 6.42 Å². The Morgan fingerprint density at radius 2 is 2.31 bits per heavy atom. The molecule has 0 saturated carbocycles. The Bertz CT molecular complexity index is 470. The molecule has 0 saturated heterocycles. The SMILES string of the molecule is NC(Cc1ncc[nH]1)c1ccc(Br)cc1F. The Labute approximate surface area is 101 Å². The molecule has 0 spiro atoms. The molecule has 0 fully saturated rings. The van der Waals surface area contributed by atoms with Crippen molar-refractivity contribution in [2.45, 2.75) is 12.5 Å². The van der Waals surface area contributed by atoms with Gasteiger partial charge in [-0.2, -0.15) is 0 Å². The number of aromatic amines is 1. The fraction of sp³-hybridized carbons (Fsp3) is 0.182. The van der Waals surface area contributed by atoms with Crippen molar-refractivity contribution in [2.24, 2.45) is 5.73 Å².